The first-order valence-corrected chi connectivity index (χ1v) is 18.9. The first-order chi connectivity index (χ1) is 20.8. The molecule has 1 aromatic heterocycles. The highest BCUT2D eigenvalue weighted by atomic mass is 15.1. The molecule has 1 aromatic carbocycles. The van der Waals surface area contributed by atoms with Gasteiger partial charge in [0.05, 0.1) is 6.33 Å². The van der Waals surface area contributed by atoms with Crippen LogP contribution >= 0.6 is 0 Å². The van der Waals surface area contributed by atoms with Crippen molar-refractivity contribution in [1.29, 1.82) is 0 Å². The predicted octanol–water partition coefficient (Wildman–Crippen LogP) is 13.5. The van der Waals surface area contributed by atoms with Gasteiger partial charge in [0.25, 0.3) is 0 Å². The SMILES string of the molecule is CCCCCCCCCCCCCCCCC(Cc1ccccc1)C(CCCCCCCCCCCC)n1ccnc1. The maximum Gasteiger partial charge on any atom is 0.0948 e. The fourth-order valence-corrected chi connectivity index (χ4v) is 6.88. The Morgan fingerprint density at radius 3 is 1.38 bits per heavy atom. The number of benzene rings is 1. The maximum atomic E-state index is 4.47. The largest absolute Gasteiger partial charge is 0.334 e. The third-order valence-electron chi connectivity index (χ3n) is 9.57. The first kappa shape index (κ1) is 36.6. The zero-order valence-corrected chi connectivity index (χ0v) is 28.3. The van der Waals surface area contributed by atoms with Crippen molar-refractivity contribution >= 4 is 0 Å². The Balaban J connectivity index is 1.70. The van der Waals surface area contributed by atoms with E-state index in [1.165, 1.54) is 179 Å². The Morgan fingerprint density at radius 2 is 0.952 bits per heavy atom. The number of rotatable bonds is 30. The molecule has 2 rings (SSSR count). The number of hydrogen-bond donors (Lipinski definition) is 0. The molecule has 2 nitrogen and oxygen atoms in total. The highest BCUT2D eigenvalue weighted by molar-refractivity contribution is 5.15. The summed E-state index contributed by atoms with van der Waals surface area (Å²) >= 11 is 0. The van der Waals surface area contributed by atoms with Crippen LogP contribution < -0.4 is 0 Å². The maximum absolute atomic E-state index is 4.47. The van der Waals surface area contributed by atoms with Gasteiger partial charge in [-0.2, -0.15) is 0 Å². The lowest BCUT2D eigenvalue weighted by atomic mass is 9.84. The third kappa shape index (κ3) is 18.9. The van der Waals surface area contributed by atoms with Gasteiger partial charge in [-0.15, -0.1) is 0 Å². The van der Waals surface area contributed by atoms with Crippen LogP contribution in [-0.4, -0.2) is 9.55 Å². The smallest absolute Gasteiger partial charge is 0.0948 e. The molecule has 0 aliphatic carbocycles. The molecular formula is C40H70N2. The van der Waals surface area contributed by atoms with Gasteiger partial charge in [-0.05, 0) is 30.7 Å². The van der Waals surface area contributed by atoms with Crippen LogP contribution in [0, 0.1) is 5.92 Å². The van der Waals surface area contributed by atoms with Crippen LogP contribution in [-0.2, 0) is 6.42 Å². The van der Waals surface area contributed by atoms with Crippen molar-refractivity contribution in [3.05, 3.63) is 54.6 Å². The molecule has 1 heterocycles. The molecule has 42 heavy (non-hydrogen) atoms. The minimum atomic E-state index is 0.573. The molecule has 0 saturated heterocycles. The fourth-order valence-electron chi connectivity index (χ4n) is 6.88. The summed E-state index contributed by atoms with van der Waals surface area (Å²) in [7, 11) is 0. The average molecular weight is 579 g/mol. The summed E-state index contributed by atoms with van der Waals surface area (Å²) in [5.41, 5.74) is 1.50. The van der Waals surface area contributed by atoms with E-state index in [4.69, 9.17) is 0 Å². The van der Waals surface area contributed by atoms with Gasteiger partial charge >= 0.3 is 0 Å². The van der Waals surface area contributed by atoms with Gasteiger partial charge in [-0.3, -0.25) is 0 Å². The third-order valence-corrected chi connectivity index (χ3v) is 9.57. The van der Waals surface area contributed by atoms with E-state index in [1.807, 2.05) is 6.20 Å². The van der Waals surface area contributed by atoms with Crippen molar-refractivity contribution < 1.29 is 0 Å². The molecule has 2 aromatic rings. The molecule has 2 heteroatoms. The second-order valence-corrected chi connectivity index (χ2v) is 13.4. The van der Waals surface area contributed by atoms with Gasteiger partial charge in [-0.25, -0.2) is 4.98 Å². The molecule has 0 aliphatic heterocycles. The molecule has 0 bridgehead atoms. The van der Waals surface area contributed by atoms with Gasteiger partial charge in [0.2, 0.25) is 0 Å². The number of nitrogens with zero attached hydrogens (tertiary/aromatic N) is 2. The van der Waals surface area contributed by atoms with Gasteiger partial charge < -0.3 is 4.57 Å². The zero-order valence-electron chi connectivity index (χ0n) is 28.3. The molecule has 0 N–H and O–H groups in total. The van der Waals surface area contributed by atoms with Crippen molar-refractivity contribution in [3.63, 3.8) is 0 Å². The molecule has 0 aliphatic rings. The van der Waals surface area contributed by atoms with Crippen LogP contribution in [0.2, 0.25) is 0 Å². The quantitative estimate of drug-likeness (QED) is 0.0843. The van der Waals surface area contributed by atoms with Crippen molar-refractivity contribution in [1.82, 2.24) is 9.55 Å². The highest BCUT2D eigenvalue weighted by Crippen LogP contribution is 2.32. The molecule has 0 amide bonds. The molecule has 0 radical (unpaired) electrons. The van der Waals surface area contributed by atoms with Gasteiger partial charge in [0, 0.05) is 18.4 Å². The lowest BCUT2D eigenvalue weighted by Gasteiger charge is -2.29. The Labute approximate surface area is 262 Å². The van der Waals surface area contributed by atoms with E-state index >= 15 is 0 Å². The number of hydrogen-bond acceptors (Lipinski definition) is 1. The van der Waals surface area contributed by atoms with E-state index in [2.05, 4.69) is 66.3 Å². The molecule has 0 saturated carbocycles. The summed E-state index contributed by atoms with van der Waals surface area (Å²) < 4.78 is 2.45. The number of aromatic nitrogens is 2. The standard InChI is InChI=1S/C40H70N2/c1-3-5-7-9-11-13-15-16-17-18-19-21-23-28-32-39(36-38-30-26-25-27-31-38)40(42-35-34-41-37-42)33-29-24-22-20-14-12-10-8-6-4-2/h25-27,30-31,34-35,37,39-40H,3-24,28-29,32-33,36H2,1-2H3. The van der Waals surface area contributed by atoms with Crippen LogP contribution in [0.3, 0.4) is 0 Å². The van der Waals surface area contributed by atoms with E-state index in [1.54, 1.807) is 0 Å². The average Bonchev–Trinajstić information content (AvgIpc) is 3.55. The Hall–Kier alpha value is -1.57. The highest BCUT2D eigenvalue weighted by Gasteiger charge is 2.23. The molecule has 240 valence electrons. The van der Waals surface area contributed by atoms with Crippen molar-refractivity contribution in [2.75, 3.05) is 0 Å². The lowest BCUT2D eigenvalue weighted by molar-refractivity contribution is 0.275. The van der Waals surface area contributed by atoms with Crippen LogP contribution in [0.5, 0.6) is 0 Å². The molecule has 2 atom stereocenters. The van der Waals surface area contributed by atoms with Crippen molar-refractivity contribution in [2.45, 2.75) is 193 Å². The fraction of sp³-hybridized carbons (Fsp3) is 0.775. The van der Waals surface area contributed by atoms with Crippen LogP contribution in [0.1, 0.15) is 192 Å². The monoisotopic (exact) mass is 579 g/mol. The second-order valence-electron chi connectivity index (χ2n) is 13.4. The van der Waals surface area contributed by atoms with Crippen LogP contribution in [0.4, 0.5) is 0 Å². The summed E-state index contributed by atoms with van der Waals surface area (Å²) in [6.07, 6.45) is 44.3. The van der Waals surface area contributed by atoms with Crippen molar-refractivity contribution in [3.8, 4) is 0 Å². The second kappa shape index (κ2) is 27.0. The van der Waals surface area contributed by atoms with E-state index in [-0.39, 0.29) is 0 Å². The topological polar surface area (TPSA) is 17.8 Å². The van der Waals surface area contributed by atoms with Gasteiger partial charge in [0.15, 0.2) is 0 Å². The van der Waals surface area contributed by atoms with Crippen LogP contribution in [0.15, 0.2) is 49.1 Å². The van der Waals surface area contributed by atoms with Gasteiger partial charge in [0.1, 0.15) is 0 Å². The summed E-state index contributed by atoms with van der Waals surface area (Å²) in [5.74, 6) is 0.692. The zero-order chi connectivity index (χ0) is 29.8. The Kier molecular flexibility index (Phi) is 23.6. The molecule has 0 fully saturated rings. The summed E-state index contributed by atoms with van der Waals surface area (Å²) in [5, 5.41) is 0. The van der Waals surface area contributed by atoms with E-state index in [0.29, 0.717) is 12.0 Å². The minimum Gasteiger partial charge on any atom is -0.334 e. The van der Waals surface area contributed by atoms with Crippen molar-refractivity contribution in [2.24, 2.45) is 5.92 Å². The minimum absolute atomic E-state index is 0.573. The summed E-state index contributed by atoms with van der Waals surface area (Å²) in [6, 6.07) is 11.8. The summed E-state index contributed by atoms with van der Waals surface area (Å²) in [4.78, 5) is 4.47. The number of unbranched alkanes of at least 4 members (excludes halogenated alkanes) is 22. The van der Waals surface area contributed by atoms with Gasteiger partial charge in [-0.1, -0.05) is 198 Å². The Bertz CT molecular complexity index is 783. The summed E-state index contributed by atoms with van der Waals surface area (Å²) in [6.45, 7) is 4.61. The lowest BCUT2D eigenvalue weighted by Crippen LogP contribution is -2.21. The molecule has 2 unspecified atom stereocenters. The normalized spacial score (nSPS) is 13.0. The van der Waals surface area contributed by atoms with E-state index < -0.39 is 0 Å². The van der Waals surface area contributed by atoms with E-state index in [9.17, 15) is 0 Å². The van der Waals surface area contributed by atoms with Crippen LogP contribution in [0.25, 0.3) is 0 Å². The van der Waals surface area contributed by atoms with E-state index in [0.717, 1.165) is 0 Å². The Morgan fingerprint density at radius 1 is 0.524 bits per heavy atom. The number of imidazole rings is 1. The molecule has 0 spiro atoms. The molecular weight excluding hydrogens is 508 g/mol. The predicted molar refractivity (Wildman–Crippen MR) is 186 cm³/mol. The first-order valence-electron chi connectivity index (χ1n) is 18.9.